The molecule has 4 aromatic rings. The molecule has 0 saturated carbocycles. The summed E-state index contributed by atoms with van der Waals surface area (Å²) in [6.45, 7) is 0. The van der Waals surface area contributed by atoms with Crippen LogP contribution in [0.3, 0.4) is 0 Å². The van der Waals surface area contributed by atoms with E-state index in [4.69, 9.17) is 0 Å². The number of nitrogens with zero attached hydrogens (tertiary/aromatic N) is 2. The molecule has 0 atom stereocenters. The molecule has 4 rings (SSSR count). The van der Waals surface area contributed by atoms with Gasteiger partial charge in [0.05, 0.1) is 10.9 Å². The Morgan fingerprint density at radius 3 is 2.17 bits per heavy atom. The maximum absolute atomic E-state index is 12.2. The van der Waals surface area contributed by atoms with Crippen LogP contribution in [-0.4, -0.2) is 15.0 Å². The Hall–Kier alpha value is -3.27. The van der Waals surface area contributed by atoms with Crippen LogP contribution in [0.1, 0.15) is 0 Å². The number of nitrogens with one attached hydrogen (secondary N) is 1. The molecule has 4 heteroatoms. The number of rotatable bonds is 2. The van der Waals surface area contributed by atoms with Gasteiger partial charge >= 0.3 is 0 Å². The third kappa shape index (κ3) is 2.51. The topological polar surface area (TPSA) is 58.6 Å². The van der Waals surface area contributed by atoms with E-state index in [1.807, 2.05) is 54.6 Å². The number of hydrogen-bond acceptors (Lipinski definition) is 3. The molecule has 2 aromatic carbocycles. The Balaban J connectivity index is 1.78. The lowest BCUT2D eigenvalue weighted by atomic mass is 10.0. The SMILES string of the molecule is O=c1[nH]c(-c2ccc(-c3ccncc3)cc2)nc2ccccc12. The Morgan fingerprint density at radius 2 is 1.39 bits per heavy atom. The van der Waals surface area contributed by atoms with Gasteiger partial charge in [0.25, 0.3) is 5.56 Å². The number of aromatic amines is 1. The van der Waals surface area contributed by atoms with Crippen LogP contribution >= 0.6 is 0 Å². The molecule has 0 aliphatic carbocycles. The normalized spacial score (nSPS) is 10.8. The second-order valence-electron chi connectivity index (χ2n) is 5.24. The van der Waals surface area contributed by atoms with Crippen LogP contribution in [0.2, 0.25) is 0 Å². The first-order chi connectivity index (χ1) is 11.3. The zero-order chi connectivity index (χ0) is 15.6. The number of aromatic nitrogens is 3. The van der Waals surface area contributed by atoms with E-state index in [2.05, 4.69) is 15.0 Å². The fraction of sp³-hybridized carbons (Fsp3) is 0. The highest BCUT2D eigenvalue weighted by Crippen LogP contribution is 2.22. The highest BCUT2D eigenvalue weighted by Gasteiger charge is 2.06. The van der Waals surface area contributed by atoms with Gasteiger partial charge in [0.1, 0.15) is 5.82 Å². The second kappa shape index (κ2) is 5.50. The van der Waals surface area contributed by atoms with Gasteiger partial charge in [0, 0.05) is 18.0 Å². The van der Waals surface area contributed by atoms with Gasteiger partial charge in [0.15, 0.2) is 0 Å². The average Bonchev–Trinajstić information content (AvgIpc) is 2.63. The maximum Gasteiger partial charge on any atom is 0.259 e. The van der Waals surface area contributed by atoms with E-state index in [9.17, 15) is 4.79 Å². The zero-order valence-corrected chi connectivity index (χ0v) is 12.2. The highest BCUT2D eigenvalue weighted by molar-refractivity contribution is 5.79. The number of para-hydroxylation sites is 1. The first-order valence-electron chi connectivity index (χ1n) is 7.31. The van der Waals surface area contributed by atoms with E-state index >= 15 is 0 Å². The molecule has 4 nitrogen and oxygen atoms in total. The molecule has 0 aliphatic rings. The van der Waals surface area contributed by atoms with Gasteiger partial charge in [-0.25, -0.2) is 4.98 Å². The third-order valence-corrected chi connectivity index (χ3v) is 3.78. The molecule has 0 fully saturated rings. The van der Waals surface area contributed by atoms with E-state index in [0.29, 0.717) is 16.7 Å². The molecule has 23 heavy (non-hydrogen) atoms. The van der Waals surface area contributed by atoms with Crippen molar-refractivity contribution in [3.05, 3.63) is 83.4 Å². The minimum Gasteiger partial charge on any atom is -0.306 e. The smallest absolute Gasteiger partial charge is 0.259 e. The van der Waals surface area contributed by atoms with E-state index in [-0.39, 0.29) is 5.56 Å². The summed E-state index contributed by atoms with van der Waals surface area (Å²) < 4.78 is 0. The fourth-order valence-electron chi connectivity index (χ4n) is 2.59. The van der Waals surface area contributed by atoms with Crippen LogP contribution in [0.15, 0.2) is 77.9 Å². The number of pyridine rings is 1. The number of H-pyrrole nitrogens is 1. The van der Waals surface area contributed by atoms with Crippen LogP contribution in [0.25, 0.3) is 33.4 Å². The van der Waals surface area contributed by atoms with Crippen molar-refractivity contribution in [3.63, 3.8) is 0 Å². The standard InChI is InChI=1S/C19H13N3O/c23-19-16-3-1-2-4-17(16)21-18(22-19)15-7-5-13(6-8-15)14-9-11-20-12-10-14/h1-12H,(H,21,22,23). The summed E-state index contributed by atoms with van der Waals surface area (Å²) in [5, 5.41) is 0.602. The van der Waals surface area contributed by atoms with Crippen molar-refractivity contribution < 1.29 is 0 Å². The summed E-state index contributed by atoms with van der Waals surface area (Å²) in [5.74, 6) is 0.579. The van der Waals surface area contributed by atoms with Gasteiger partial charge in [0.2, 0.25) is 0 Å². The largest absolute Gasteiger partial charge is 0.306 e. The monoisotopic (exact) mass is 299 g/mol. The van der Waals surface area contributed by atoms with Crippen molar-refractivity contribution in [1.82, 2.24) is 15.0 Å². The van der Waals surface area contributed by atoms with Gasteiger partial charge in [-0.3, -0.25) is 9.78 Å². The first-order valence-corrected chi connectivity index (χ1v) is 7.31. The summed E-state index contributed by atoms with van der Waals surface area (Å²) in [5.41, 5.74) is 3.66. The molecule has 0 bridgehead atoms. The first kappa shape index (κ1) is 13.4. The lowest BCUT2D eigenvalue weighted by Gasteiger charge is -2.05. The van der Waals surface area contributed by atoms with E-state index < -0.39 is 0 Å². The minimum absolute atomic E-state index is 0.121. The summed E-state index contributed by atoms with van der Waals surface area (Å²) in [7, 11) is 0. The Morgan fingerprint density at radius 1 is 0.739 bits per heavy atom. The predicted octanol–water partition coefficient (Wildman–Crippen LogP) is 3.65. The van der Waals surface area contributed by atoms with Crippen molar-refractivity contribution in [3.8, 4) is 22.5 Å². The van der Waals surface area contributed by atoms with Crippen molar-refractivity contribution in [2.75, 3.05) is 0 Å². The molecule has 110 valence electrons. The van der Waals surface area contributed by atoms with Crippen LogP contribution in [0.4, 0.5) is 0 Å². The Labute approximate surface area is 132 Å². The van der Waals surface area contributed by atoms with Gasteiger partial charge in [-0.15, -0.1) is 0 Å². The lowest BCUT2D eigenvalue weighted by Crippen LogP contribution is -2.09. The fourth-order valence-corrected chi connectivity index (χ4v) is 2.59. The molecule has 0 saturated heterocycles. The van der Waals surface area contributed by atoms with Crippen LogP contribution in [0.5, 0.6) is 0 Å². The van der Waals surface area contributed by atoms with Crippen molar-refractivity contribution in [1.29, 1.82) is 0 Å². The lowest BCUT2D eigenvalue weighted by molar-refractivity contribution is 1.18. The Kier molecular flexibility index (Phi) is 3.20. The van der Waals surface area contributed by atoms with E-state index in [1.54, 1.807) is 18.5 Å². The molecule has 0 amide bonds. The molecule has 2 aromatic heterocycles. The summed E-state index contributed by atoms with van der Waals surface area (Å²) in [6, 6.07) is 19.2. The quantitative estimate of drug-likeness (QED) is 0.614. The summed E-state index contributed by atoms with van der Waals surface area (Å²) >= 11 is 0. The zero-order valence-electron chi connectivity index (χ0n) is 12.2. The van der Waals surface area contributed by atoms with Crippen molar-refractivity contribution in [2.24, 2.45) is 0 Å². The molecule has 0 aliphatic heterocycles. The highest BCUT2D eigenvalue weighted by atomic mass is 16.1. The van der Waals surface area contributed by atoms with Crippen LogP contribution in [-0.2, 0) is 0 Å². The van der Waals surface area contributed by atoms with Gasteiger partial charge < -0.3 is 4.98 Å². The summed E-state index contributed by atoms with van der Waals surface area (Å²) in [6.07, 6.45) is 3.54. The summed E-state index contributed by atoms with van der Waals surface area (Å²) in [4.78, 5) is 23.6. The third-order valence-electron chi connectivity index (χ3n) is 3.78. The predicted molar refractivity (Wildman–Crippen MR) is 91.0 cm³/mol. The van der Waals surface area contributed by atoms with Gasteiger partial charge in [-0.2, -0.15) is 0 Å². The van der Waals surface area contributed by atoms with E-state index in [1.165, 1.54) is 0 Å². The molecule has 2 heterocycles. The van der Waals surface area contributed by atoms with Gasteiger partial charge in [-0.05, 0) is 35.4 Å². The van der Waals surface area contributed by atoms with Crippen LogP contribution in [0, 0.1) is 0 Å². The second-order valence-corrected chi connectivity index (χ2v) is 5.24. The minimum atomic E-state index is -0.121. The molecule has 0 unspecified atom stereocenters. The number of benzene rings is 2. The average molecular weight is 299 g/mol. The van der Waals surface area contributed by atoms with Crippen LogP contribution < -0.4 is 5.56 Å². The molecule has 0 radical (unpaired) electrons. The molecule has 0 spiro atoms. The molecule has 1 N–H and O–H groups in total. The van der Waals surface area contributed by atoms with Crippen molar-refractivity contribution >= 4 is 10.9 Å². The number of fused-ring (bicyclic) bond motifs is 1. The van der Waals surface area contributed by atoms with Crippen molar-refractivity contribution in [2.45, 2.75) is 0 Å². The van der Waals surface area contributed by atoms with E-state index in [0.717, 1.165) is 16.7 Å². The molecular weight excluding hydrogens is 286 g/mol. The maximum atomic E-state index is 12.2. The molecular formula is C19H13N3O. The Bertz CT molecular complexity index is 1020. The number of hydrogen-bond donors (Lipinski definition) is 1. The van der Waals surface area contributed by atoms with Gasteiger partial charge in [-0.1, -0.05) is 36.4 Å².